The van der Waals surface area contributed by atoms with Gasteiger partial charge in [0.1, 0.15) is 0 Å². The molecule has 2 N–H and O–H groups in total. The summed E-state index contributed by atoms with van der Waals surface area (Å²) in [6, 6.07) is 5.07. The molecule has 0 aliphatic heterocycles. The Kier molecular flexibility index (Phi) is 7.45. The van der Waals surface area contributed by atoms with Gasteiger partial charge in [-0.1, -0.05) is 12.1 Å². The van der Waals surface area contributed by atoms with E-state index in [2.05, 4.69) is 20.7 Å². The predicted octanol–water partition coefficient (Wildman–Crippen LogP) is 3.03. The van der Waals surface area contributed by atoms with Gasteiger partial charge in [-0.2, -0.15) is 18.3 Å². The molecule has 154 valence electrons. The third-order valence-electron chi connectivity index (χ3n) is 4.44. The molecule has 2 rings (SSSR count). The quantitative estimate of drug-likeness (QED) is 0.557. The van der Waals surface area contributed by atoms with Crippen LogP contribution in [0, 0.1) is 13.8 Å². The number of alkyl halides is 3. The van der Waals surface area contributed by atoms with Crippen LogP contribution >= 0.6 is 0 Å². The normalized spacial score (nSPS) is 12.3. The number of methoxy groups -OCH3 is 1. The molecule has 0 atom stereocenters. The van der Waals surface area contributed by atoms with E-state index < -0.39 is 11.7 Å². The molecule has 0 radical (unpaired) electrons. The molecule has 0 spiro atoms. The number of halogens is 3. The summed E-state index contributed by atoms with van der Waals surface area (Å²) >= 11 is 0. The SMILES string of the molecule is CN=C(NCc1ccc(C(F)(F)F)cc1)NCc1c(C)nn(CCOC)c1C. The predicted molar refractivity (Wildman–Crippen MR) is 102 cm³/mol. The minimum atomic E-state index is -4.33. The van der Waals surface area contributed by atoms with E-state index in [0.717, 1.165) is 34.6 Å². The van der Waals surface area contributed by atoms with Gasteiger partial charge in [0.25, 0.3) is 0 Å². The number of benzene rings is 1. The lowest BCUT2D eigenvalue weighted by molar-refractivity contribution is -0.137. The molecular weight excluding hydrogens is 371 g/mol. The first-order valence-corrected chi connectivity index (χ1v) is 8.88. The average Bonchev–Trinajstić information content (AvgIpc) is 2.93. The van der Waals surface area contributed by atoms with E-state index in [0.29, 0.717) is 32.2 Å². The second kappa shape index (κ2) is 9.59. The Bertz CT molecular complexity index is 797. The molecule has 0 saturated carbocycles. The van der Waals surface area contributed by atoms with Gasteiger partial charge in [0, 0.05) is 38.5 Å². The maximum atomic E-state index is 12.6. The Hall–Kier alpha value is -2.55. The fourth-order valence-electron chi connectivity index (χ4n) is 2.78. The van der Waals surface area contributed by atoms with Crippen LogP contribution in [0.1, 0.15) is 28.1 Å². The van der Waals surface area contributed by atoms with Crippen LogP contribution in [0.4, 0.5) is 13.2 Å². The zero-order valence-corrected chi connectivity index (χ0v) is 16.5. The molecule has 0 aliphatic rings. The zero-order valence-electron chi connectivity index (χ0n) is 16.5. The summed E-state index contributed by atoms with van der Waals surface area (Å²) in [5.74, 6) is 0.559. The maximum Gasteiger partial charge on any atom is 0.416 e. The van der Waals surface area contributed by atoms with E-state index in [4.69, 9.17) is 4.74 Å². The highest BCUT2D eigenvalue weighted by molar-refractivity contribution is 5.79. The molecular formula is C19H26F3N5O. The molecule has 2 aromatic rings. The Morgan fingerprint density at radius 2 is 1.79 bits per heavy atom. The van der Waals surface area contributed by atoms with Crippen molar-refractivity contribution in [1.29, 1.82) is 0 Å². The molecule has 0 unspecified atom stereocenters. The maximum absolute atomic E-state index is 12.6. The highest BCUT2D eigenvalue weighted by Crippen LogP contribution is 2.29. The van der Waals surface area contributed by atoms with Crippen molar-refractivity contribution in [3.8, 4) is 0 Å². The summed E-state index contributed by atoms with van der Waals surface area (Å²) in [6.45, 7) is 6.13. The van der Waals surface area contributed by atoms with Crippen LogP contribution in [0.3, 0.4) is 0 Å². The number of nitrogens with zero attached hydrogens (tertiary/aromatic N) is 3. The summed E-state index contributed by atoms with van der Waals surface area (Å²) in [5.41, 5.74) is 3.14. The average molecular weight is 397 g/mol. The van der Waals surface area contributed by atoms with Crippen LogP contribution in [0.15, 0.2) is 29.3 Å². The molecule has 6 nitrogen and oxygen atoms in total. The van der Waals surface area contributed by atoms with E-state index in [1.54, 1.807) is 14.2 Å². The molecule has 0 saturated heterocycles. The van der Waals surface area contributed by atoms with Crippen LogP contribution < -0.4 is 10.6 Å². The highest BCUT2D eigenvalue weighted by Gasteiger charge is 2.29. The lowest BCUT2D eigenvalue weighted by Gasteiger charge is -2.13. The fourth-order valence-corrected chi connectivity index (χ4v) is 2.78. The second-order valence-electron chi connectivity index (χ2n) is 6.34. The van der Waals surface area contributed by atoms with Gasteiger partial charge in [0.2, 0.25) is 0 Å². The smallest absolute Gasteiger partial charge is 0.383 e. The Labute approximate surface area is 162 Å². The van der Waals surface area contributed by atoms with Crippen molar-refractivity contribution >= 4 is 5.96 Å². The van der Waals surface area contributed by atoms with Crippen LogP contribution in [0.2, 0.25) is 0 Å². The third-order valence-corrected chi connectivity index (χ3v) is 4.44. The van der Waals surface area contributed by atoms with Gasteiger partial charge in [-0.25, -0.2) is 0 Å². The standard InChI is InChI=1S/C19H26F3N5O/c1-13-17(14(2)27(26-13)9-10-28-4)12-25-18(23-3)24-11-15-5-7-16(8-6-15)19(20,21)22/h5-8H,9-12H2,1-4H3,(H2,23,24,25). The number of rotatable bonds is 7. The van der Waals surface area contributed by atoms with Crippen molar-refractivity contribution in [2.75, 3.05) is 20.8 Å². The van der Waals surface area contributed by atoms with Crippen LogP contribution in [0.5, 0.6) is 0 Å². The Morgan fingerprint density at radius 3 is 2.36 bits per heavy atom. The summed E-state index contributed by atoms with van der Waals surface area (Å²) in [4.78, 5) is 4.16. The van der Waals surface area contributed by atoms with Crippen LogP contribution in [-0.4, -0.2) is 36.5 Å². The number of ether oxygens (including phenoxy) is 1. The summed E-state index contributed by atoms with van der Waals surface area (Å²) in [6.07, 6.45) is -4.33. The number of aryl methyl sites for hydroxylation is 1. The number of hydrogen-bond acceptors (Lipinski definition) is 3. The van der Waals surface area contributed by atoms with Crippen molar-refractivity contribution < 1.29 is 17.9 Å². The minimum Gasteiger partial charge on any atom is -0.383 e. The number of aliphatic imine (C=N–C) groups is 1. The van der Waals surface area contributed by atoms with Crippen molar-refractivity contribution in [1.82, 2.24) is 20.4 Å². The largest absolute Gasteiger partial charge is 0.416 e. The van der Waals surface area contributed by atoms with Crippen molar-refractivity contribution in [2.45, 2.75) is 39.7 Å². The first-order valence-electron chi connectivity index (χ1n) is 8.88. The lowest BCUT2D eigenvalue weighted by atomic mass is 10.1. The first-order chi connectivity index (χ1) is 13.3. The lowest BCUT2D eigenvalue weighted by Crippen LogP contribution is -2.36. The molecule has 0 bridgehead atoms. The van der Waals surface area contributed by atoms with Crippen molar-refractivity contribution in [3.63, 3.8) is 0 Å². The van der Waals surface area contributed by atoms with Gasteiger partial charge in [-0.05, 0) is 31.5 Å². The fraction of sp³-hybridized carbons (Fsp3) is 0.474. The van der Waals surface area contributed by atoms with Gasteiger partial charge >= 0.3 is 6.18 Å². The molecule has 0 fully saturated rings. The second-order valence-corrected chi connectivity index (χ2v) is 6.34. The molecule has 0 aliphatic carbocycles. The number of nitrogens with one attached hydrogen (secondary N) is 2. The minimum absolute atomic E-state index is 0.364. The van der Waals surface area contributed by atoms with E-state index >= 15 is 0 Å². The van der Waals surface area contributed by atoms with Crippen LogP contribution in [-0.2, 0) is 30.5 Å². The van der Waals surface area contributed by atoms with E-state index in [9.17, 15) is 13.2 Å². The highest BCUT2D eigenvalue weighted by atomic mass is 19.4. The zero-order chi connectivity index (χ0) is 20.7. The Balaban J connectivity index is 1.92. The van der Waals surface area contributed by atoms with Crippen molar-refractivity contribution in [3.05, 3.63) is 52.3 Å². The molecule has 9 heteroatoms. The number of aromatic nitrogens is 2. The van der Waals surface area contributed by atoms with Gasteiger partial charge in [0.05, 0.1) is 24.4 Å². The van der Waals surface area contributed by atoms with Gasteiger partial charge in [0.15, 0.2) is 5.96 Å². The van der Waals surface area contributed by atoms with E-state index in [-0.39, 0.29) is 0 Å². The molecule has 1 heterocycles. The summed E-state index contributed by atoms with van der Waals surface area (Å²) < 4.78 is 44.9. The van der Waals surface area contributed by atoms with Gasteiger partial charge < -0.3 is 15.4 Å². The summed E-state index contributed by atoms with van der Waals surface area (Å²) in [7, 11) is 3.30. The van der Waals surface area contributed by atoms with E-state index in [1.165, 1.54) is 12.1 Å². The molecule has 0 amide bonds. The number of hydrogen-bond donors (Lipinski definition) is 2. The molecule has 1 aromatic heterocycles. The Morgan fingerprint density at radius 1 is 1.14 bits per heavy atom. The van der Waals surface area contributed by atoms with Crippen molar-refractivity contribution in [2.24, 2.45) is 4.99 Å². The third kappa shape index (κ3) is 5.72. The first kappa shape index (κ1) is 21.7. The molecule has 28 heavy (non-hydrogen) atoms. The topological polar surface area (TPSA) is 63.5 Å². The number of guanidine groups is 1. The van der Waals surface area contributed by atoms with Gasteiger partial charge in [-0.3, -0.25) is 9.67 Å². The summed E-state index contributed by atoms with van der Waals surface area (Å²) in [5, 5.41) is 10.8. The van der Waals surface area contributed by atoms with Crippen LogP contribution in [0.25, 0.3) is 0 Å². The van der Waals surface area contributed by atoms with E-state index in [1.807, 2.05) is 18.5 Å². The molecule has 1 aromatic carbocycles. The monoisotopic (exact) mass is 397 g/mol. The van der Waals surface area contributed by atoms with Gasteiger partial charge in [-0.15, -0.1) is 0 Å².